The van der Waals surface area contributed by atoms with Crippen LogP contribution >= 0.6 is 0 Å². The summed E-state index contributed by atoms with van der Waals surface area (Å²) in [4.78, 5) is 8.39. The van der Waals surface area contributed by atoms with E-state index in [1.54, 1.807) is 0 Å². The van der Waals surface area contributed by atoms with Gasteiger partial charge >= 0.3 is 0 Å². The van der Waals surface area contributed by atoms with E-state index in [1.807, 2.05) is 36.9 Å². The van der Waals surface area contributed by atoms with Crippen LogP contribution in [0, 0.1) is 5.41 Å². The summed E-state index contributed by atoms with van der Waals surface area (Å²) in [5, 5.41) is 1.24. The number of nitrogens with zero attached hydrogens (tertiary/aromatic N) is 3. The monoisotopic (exact) mass is 279 g/mol. The lowest BCUT2D eigenvalue weighted by Crippen LogP contribution is -2.42. The zero-order valence-electron chi connectivity index (χ0n) is 12.0. The summed E-state index contributed by atoms with van der Waals surface area (Å²) < 4.78 is 7.68. The van der Waals surface area contributed by atoms with Crippen molar-refractivity contribution in [1.82, 2.24) is 14.5 Å². The van der Waals surface area contributed by atoms with Gasteiger partial charge in [0.15, 0.2) is 0 Å². The fraction of sp³-hybridized carbons (Fsp3) is 0.294. The predicted octanol–water partition coefficient (Wildman–Crippen LogP) is 3.13. The van der Waals surface area contributed by atoms with Crippen LogP contribution in [0.2, 0.25) is 0 Å². The maximum atomic E-state index is 5.38. The highest BCUT2D eigenvalue weighted by molar-refractivity contribution is 5.95. The Morgan fingerprint density at radius 3 is 2.62 bits per heavy atom. The number of hydrogen-bond acceptors (Lipinski definition) is 3. The Hall–Kier alpha value is -2.20. The SMILES string of the molecule is CC1(Cn2cc(-c3ccncc3)c3ccncc32)COC1. The zero-order valence-corrected chi connectivity index (χ0v) is 12.0. The molecular formula is C17H17N3O. The molecule has 0 radical (unpaired) electrons. The van der Waals surface area contributed by atoms with Gasteiger partial charge in [-0.3, -0.25) is 9.97 Å². The van der Waals surface area contributed by atoms with Crippen molar-refractivity contribution in [3.05, 3.63) is 49.2 Å². The van der Waals surface area contributed by atoms with Crippen LogP contribution in [-0.2, 0) is 11.3 Å². The van der Waals surface area contributed by atoms with Crippen molar-refractivity contribution in [3.63, 3.8) is 0 Å². The zero-order chi connectivity index (χ0) is 14.3. The molecule has 1 fully saturated rings. The van der Waals surface area contributed by atoms with Crippen molar-refractivity contribution in [1.29, 1.82) is 0 Å². The minimum atomic E-state index is 0.233. The van der Waals surface area contributed by atoms with Crippen LogP contribution < -0.4 is 0 Å². The summed E-state index contributed by atoms with van der Waals surface area (Å²) in [5.41, 5.74) is 3.84. The van der Waals surface area contributed by atoms with Crippen molar-refractivity contribution < 1.29 is 4.74 Å². The normalized spacial score (nSPS) is 16.8. The molecule has 3 aromatic rings. The summed E-state index contributed by atoms with van der Waals surface area (Å²) in [5.74, 6) is 0. The molecular weight excluding hydrogens is 262 g/mol. The number of aromatic nitrogens is 3. The molecule has 0 aliphatic carbocycles. The number of fused-ring (bicyclic) bond motifs is 1. The maximum absolute atomic E-state index is 5.38. The van der Waals surface area contributed by atoms with E-state index in [0.29, 0.717) is 0 Å². The van der Waals surface area contributed by atoms with Gasteiger partial charge in [0.2, 0.25) is 0 Å². The van der Waals surface area contributed by atoms with E-state index in [2.05, 4.69) is 33.7 Å². The highest BCUT2D eigenvalue weighted by Crippen LogP contribution is 2.34. The Labute approximate surface area is 123 Å². The highest BCUT2D eigenvalue weighted by Gasteiger charge is 2.34. The minimum absolute atomic E-state index is 0.233. The Morgan fingerprint density at radius 2 is 1.90 bits per heavy atom. The van der Waals surface area contributed by atoms with E-state index in [1.165, 1.54) is 22.0 Å². The van der Waals surface area contributed by atoms with Gasteiger partial charge in [0.25, 0.3) is 0 Å². The van der Waals surface area contributed by atoms with Gasteiger partial charge in [0, 0.05) is 47.7 Å². The van der Waals surface area contributed by atoms with Crippen LogP contribution in [-0.4, -0.2) is 27.7 Å². The van der Waals surface area contributed by atoms with Gasteiger partial charge in [-0.2, -0.15) is 0 Å². The molecule has 0 spiro atoms. The first kappa shape index (κ1) is 12.5. The maximum Gasteiger partial charge on any atom is 0.0673 e. The van der Waals surface area contributed by atoms with E-state index in [9.17, 15) is 0 Å². The summed E-state index contributed by atoms with van der Waals surface area (Å²) in [6.45, 7) is 4.89. The summed E-state index contributed by atoms with van der Waals surface area (Å²) in [6, 6.07) is 6.18. The van der Waals surface area contributed by atoms with Gasteiger partial charge in [-0.1, -0.05) is 6.92 Å². The molecule has 4 nitrogen and oxygen atoms in total. The third-order valence-corrected chi connectivity index (χ3v) is 4.13. The first-order chi connectivity index (χ1) is 10.3. The van der Waals surface area contributed by atoms with Gasteiger partial charge in [-0.15, -0.1) is 0 Å². The van der Waals surface area contributed by atoms with Crippen molar-refractivity contribution in [3.8, 4) is 11.1 Å². The molecule has 1 aliphatic heterocycles. The van der Waals surface area contributed by atoms with Crippen LogP contribution in [0.4, 0.5) is 0 Å². The second kappa shape index (κ2) is 4.67. The second-order valence-corrected chi connectivity index (χ2v) is 6.10. The molecule has 0 saturated carbocycles. The molecule has 4 rings (SSSR count). The average Bonchev–Trinajstić information content (AvgIpc) is 2.86. The third kappa shape index (κ3) is 2.12. The number of pyridine rings is 2. The van der Waals surface area contributed by atoms with Gasteiger partial charge < -0.3 is 9.30 Å². The number of ether oxygens (including phenoxy) is 1. The Bertz CT molecular complexity index is 775. The van der Waals surface area contributed by atoms with Crippen LogP contribution in [0.1, 0.15) is 6.92 Å². The Morgan fingerprint density at radius 1 is 1.14 bits per heavy atom. The Balaban J connectivity index is 1.85. The summed E-state index contributed by atoms with van der Waals surface area (Å²) >= 11 is 0. The first-order valence-corrected chi connectivity index (χ1v) is 7.16. The molecule has 0 amide bonds. The van der Waals surface area contributed by atoms with Crippen LogP contribution in [0.15, 0.2) is 49.2 Å². The van der Waals surface area contributed by atoms with Crippen molar-refractivity contribution in [2.24, 2.45) is 5.41 Å². The number of hydrogen-bond donors (Lipinski definition) is 0. The molecule has 21 heavy (non-hydrogen) atoms. The largest absolute Gasteiger partial charge is 0.380 e. The van der Waals surface area contributed by atoms with Gasteiger partial charge in [-0.25, -0.2) is 0 Å². The van der Waals surface area contributed by atoms with E-state index in [0.717, 1.165) is 19.8 Å². The lowest BCUT2D eigenvalue weighted by Gasteiger charge is -2.38. The number of rotatable bonds is 3. The summed E-state index contributed by atoms with van der Waals surface area (Å²) in [6.07, 6.45) is 9.70. The van der Waals surface area contributed by atoms with E-state index in [-0.39, 0.29) is 5.41 Å². The smallest absolute Gasteiger partial charge is 0.0673 e. The second-order valence-electron chi connectivity index (χ2n) is 6.10. The molecule has 0 unspecified atom stereocenters. The van der Waals surface area contributed by atoms with E-state index < -0.39 is 0 Å². The molecule has 0 N–H and O–H groups in total. The van der Waals surface area contributed by atoms with Crippen molar-refractivity contribution >= 4 is 10.9 Å². The average molecular weight is 279 g/mol. The summed E-state index contributed by atoms with van der Waals surface area (Å²) in [7, 11) is 0. The van der Waals surface area contributed by atoms with Gasteiger partial charge in [0.05, 0.1) is 24.9 Å². The van der Waals surface area contributed by atoms with Crippen molar-refractivity contribution in [2.75, 3.05) is 13.2 Å². The molecule has 0 atom stereocenters. The van der Waals surface area contributed by atoms with E-state index >= 15 is 0 Å². The quantitative estimate of drug-likeness (QED) is 0.739. The van der Waals surface area contributed by atoms with E-state index in [4.69, 9.17) is 4.74 Å². The molecule has 1 saturated heterocycles. The highest BCUT2D eigenvalue weighted by atomic mass is 16.5. The molecule has 4 heterocycles. The predicted molar refractivity (Wildman–Crippen MR) is 81.9 cm³/mol. The molecule has 106 valence electrons. The first-order valence-electron chi connectivity index (χ1n) is 7.16. The van der Waals surface area contributed by atoms with Crippen molar-refractivity contribution in [2.45, 2.75) is 13.5 Å². The molecule has 1 aliphatic rings. The van der Waals surface area contributed by atoms with Crippen LogP contribution in [0.5, 0.6) is 0 Å². The molecule has 4 heteroatoms. The molecule has 0 bridgehead atoms. The van der Waals surface area contributed by atoms with Crippen LogP contribution in [0.25, 0.3) is 22.0 Å². The molecule has 0 aromatic carbocycles. The standard InChI is InChI=1S/C17H17N3O/c1-17(11-21-12-17)10-20-9-15(13-2-5-18-6-3-13)14-4-7-19-8-16(14)20/h2-9H,10-12H2,1H3. The minimum Gasteiger partial charge on any atom is -0.380 e. The fourth-order valence-corrected chi connectivity index (χ4v) is 2.98. The molecule has 3 aromatic heterocycles. The Kier molecular flexibility index (Phi) is 2.79. The van der Waals surface area contributed by atoms with Gasteiger partial charge in [-0.05, 0) is 23.8 Å². The lowest BCUT2D eigenvalue weighted by molar-refractivity contribution is -0.109. The third-order valence-electron chi connectivity index (χ3n) is 4.13. The van der Waals surface area contributed by atoms with Crippen LogP contribution in [0.3, 0.4) is 0 Å². The lowest BCUT2D eigenvalue weighted by atomic mass is 9.88. The topological polar surface area (TPSA) is 39.9 Å². The fourth-order valence-electron chi connectivity index (χ4n) is 2.98. The van der Waals surface area contributed by atoms with Gasteiger partial charge in [0.1, 0.15) is 0 Å².